The van der Waals surface area contributed by atoms with Crippen LogP contribution in [0, 0.1) is 0 Å². The van der Waals surface area contributed by atoms with E-state index in [1.165, 1.54) is 7.11 Å². The Labute approximate surface area is 132 Å². The number of ether oxygens (including phenoxy) is 1. The summed E-state index contributed by atoms with van der Waals surface area (Å²) in [5, 5.41) is 5.65. The molecule has 0 spiro atoms. The lowest BCUT2D eigenvalue weighted by molar-refractivity contribution is 0.187. The Balaban J connectivity index is 1.80. The molecule has 2 aromatic carbocycles. The molecule has 0 bridgehead atoms. The Hall–Kier alpha value is -2.66. The minimum atomic E-state index is -0.479. The van der Waals surface area contributed by atoms with Gasteiger partial charge in [-0.25, -0.2) is 9.78 Å². The largest absolute Gasteiger partial charge is 0.453 e. The third-order valence-electron chi connectivity index (χ3n) is 3.14. The molecule has 0 atom stereocenters. The van der Waals surface area contributed by atoms with Crippen molar-refractivity contribution in [2.75, 3.05) is 12.4 Å². The third kappa shape index (κ3) is 3.15. The molecule has 1 amide bonds. The summed E-state index contributed by atoms with van der Waals surface area (Å²) in [5.41, 5.74) is 3.74. The van der Waals surface area contributed by atoms with Crippen LogP contribution in [0.4, 0.5) is 10.5 Å². The fraction of sp³-hybridized carbons (Fsp3) is 0.0588. The summed E-state index contributed by atoms with van der Waals surface area (Å²) in [7, 11) is 1.34. The Morgan fingerprint density at radius 1 is 1.05 bits per heavy atom. The quantitative estimate of drug-likeness (QED) is 0.765. The zero-order valence-corrected chi connectivity index (χ0v) is 12.8. The van der Waals surface area contributed by atoms with Crippen LogP contribution in [-0.2, 0) is 4.74 Å². The second-order valence-corrected chi connectivity index (χ2v) is 5.46. The van der Waals surface area contributed by atoms with E-state index in [2.05, 4.69) is 15.0 Å². The summed E-state index contributed by atoms with van der Waals surface area (Å²) in [6.07, 6.45) is -0.479. The van der Waals surface area contributed by atoms with Crippen molar-refractivity contribution < 1.29 is 9.53 Å². The number of nitrogens with one attached hydrogen (secondary N) is 1. The zero-order chi connectivity index (χ0) is 15.4. The number of nitrogens with zero attached hydrogens (tertiary/aromatic N) is 1. The molecule has 0 unspecified atom stereocenters. The van der Waals surface area contributed by atoms with Crippen molar-refractivity contribution in [1.29, 1.82) is 0 Å². The lowest BCUT2D eigenvalue weighted by Crippen LogP contribution is -2.10. The molecule has 3 rings (SSSR count). The highest BCUT2D eigenvalue weighted by Gasteiger charge is 2.07. The summed E-state index contributed by atoms with van der Waals surface area (Å²) in [4.78, 5) is 15.8. The summed E-state index contributed by atoms with van der Waals surface area (Å²) >= 11 is 1.62. The van der Waals surface area contributed by atoms with Crippen molar-refractivity contribution >= 4 is 23.1 Å². The molecular weight excluding hydrogens is 296 g/mol. The van der Waals surface area contributed by atoms with Crippen molar-refractivity contribution in [2.24, 2.45) is 0 Å². The van der Waals surface area contributed by atoms with Gasteiger partial charge in [0.2, 0.25) is 0 Å². The molecule has 0 saturated carbocycles. The molecule has 0 aliphatic rings. The Kier molecular flexibility index (Phi) is 4.16. The van der Waals surface area contributed by atoms with Crippen LogP contribution in [0.2, 0.25) is 0 Å². The van der Waals surface area contributed by atoms with Crippen LogP contribution in [-0.4, -0.2) is 18.2 Å². The van der Waals surface area contributed by atoms with Gasteiger partial charge in [0.05, 0.1) is 12.8 Å². The molecule has 1 N–H and O–H groups in total. The number of amides is 1. The predicted molar refractivity (Wildman–Crippen MR) is 89.0 cm³/mol. The first-order valence-corrected chi connectivity index (χ1v) is 7.60. The Morgan fingerprint density at radius 3 is 2.45 bits per heavy atom. The first kappa shape index (κ1) is 14.3. The van der Waals surface area contributed by atoms with Crippen LogP contribution in [0.5, 0.6) is 0 Å². The van der Waals surface area contributed by atoms with E-state index in [1.807, 2.05) is 60.0 Å². The summed E-state index contributed by atoms with van der Waals surface area (Å²) in [6.45, 7) is 0. The number of rotatable bonds is 3. The van der Waals surface area contributed by atoms with Crippen LogP contribution in [0.1, 0.15) is 0 Å². The normalized spacial score (nSPS) is 10.2. The molecular formula is C17H14N2O2S. The minimum absolute atomic E-state index is 0.479. The zero-order valence-electron chi connectivity index (χ0n) is 11.9. The number of aromatic nitrogens is 1. The molecule has 0 aliphatic carbocycles. The number of thiazole rings is 1. The lowest BCUT2D eigenvalue weighted by atomic mass is 10.1. The molecule has 5 heteroatoms. The third-order valence-corrected chi connectivity index (χ3v) is 4.03. The van der Waals surface area contributed by atoms with Crippen LogP contribution >= 0.6 is 11.3 Å². The van der Waals surface area contributed by atoms with E-state index in [9.17, 15) is 4.79 Å². The molecule has 4 nitrogen and oxygen atoms in total. The van der Waals surface area contributed by atoms with Crippen LogP contribution in [0.15, 0.2) is 60.0 Å². The van der Waals surface area contributed by atoms with E-state index in [1.54, 1.807) is 11.3 Å². The molecule has 0 radical (unpaired) electrons. The van der Waals surface area contributed by atoms with Gasteiger partial charge in [0, 0.05) is 22.2 Å². The second kappa shape index (κ2) is 6.41. The highest BCUT2D eigenvalue weighted by atomic mass is 32.1. The van der Waals surface area contributed by atoms with Crippen LogP contribution < -0.4 is 5.32 Å². The van der Waals surface area contributed by atoms with Crippen molar-refractivity contribution in [3.05, 3.63) is 60.0 Å². The van der Waals surface area contributed by atoms with Crippen molar-refractivity contribution in [1.82, 2.24) is 4.98 Å². The van der Waals surface area contributed by atoms with Gasteiger partial charge < -0.3 is 4.74 Å². The van der Waals surface area contributed by atoms with E-state index in [-0.39, 0.29) is 0 Å². The molecule has 1 aromatic heterocycles. The summed E-state index contributed by atoms with van der Waals surface area (Å²) in [6, 6.07) is 17.6. The Morgan fingerprint density at radius 2 is 1.77 bits per heavy atom. The van der Waals surface area contributed by atoms with Gasteiger partial charge in [-0.15, -0.1) is 11.3 Å². The van der Waals surface area contributed by atoms with E-state index in [0.29, 0.717) is 5.69 Å². The number of methoxy groups -OCH3 is 1. The number of carbonyl (C=O) groups is 1. The van der Waals surface area contributed by atoms with Gasteiger partial charge in [-0.1, -0.05) is 42.5 Å². The van der Waals surface area contributed by atoms with E-state index < -0.39 is 6.09 Å². The van der Waals surface area contributed by atoms with Gasteiger partial charge >= 0.3 is 6.09 Å². The summed E-state index contributed by atoms with van der Waals surface area (Å²) < 4.78 is 4.56. The van der Waals surface area contributed by atoms with Gasteiger partial charge in [0.15, 0.2) is 0 Å². The lowest BCUT2D eigenvalue weighted by Gasteiger charge is -2.04. The van der Waals surface area contributed by atoms with E-state index in [4.69, 9.17) is 0 Å². The molecule has 110 valence electrons. The fourth-order valence-electron chi connectivity index (χ4n) is 2.01. The highest BCUT2D eigenvalue weighted by Crippen LogP contribution is 2.29. The average molecular weight is 310 g/mol. The molecule has 0 saturated heterocycles. The van der Waals surface area contributed by atoms with Gasteiger partial charge in [-0.3, -0.25) is 5.32 Å². The minimum Gasteiger partial charge on any atom is -0.453 e. The van der Waals surface area contributed by atoms with Crippen molar-refractivity contribution in [2.45, 2.75) is 0 Å². The number of hydrogen-bond donors (Lipinski definition) is 1. The molecule has 0 aliphatic heterocycles. The van der Waals surface area contributed by atoms with Crippen LogP contribution in [0.25, 0.3) is 21.8 Å². The van der Waals surface area contributed by atoms with E-state index in [0.717, 1.165) is 21.8 Å². The van der Waals surface area contributed by atoms with Gasteiger partial charge in [0.25, 0.3) is 0 Å². The number of carbonyl (C=O) groups excluding carboxylic acids is 1. The maximum Gasteiger partial charge on any atom is 0.411 e. The maximum absolute atomic E-state index is 11.2. The number of benzene rings is 2. The monoisotopic (exact) mass is 310 g/mol. The number of hydrogen-bond acceptors (Lipinski definition) is 4. The predicted octanol–water partition coefficient (Wildman–Crippen LogP) is 4.66. The SMILES string of the molecule is COC(=O)Nc1ccc(-c2csc(-c3ccccc3)n2)cc1. The molecule has 0 fully saturated rings. The highest BCUT2D eigenvalue weighted by molar-refractivity contribution is 7.13. The van der Waals surface area contributed by atoms with Crippen molar-refractivity contribution in [3.63, 3.8) is 0 Å². The maximum atomic E-state index is 11.2. The molecule has 1 heterocycles. The van der Waals surface area contributed by atoms with Gasteiger partial charge in [-0.05, 0) is 12.1 Å². The Bertz CT molecular complexity index is 767. The van der Waals surface area contributed by atoms with Gasteiger partial charge in [0.1, 0.15) is 5.01 Å². The molecule has 22 heavy (non-hydrogen) atoms. The first-order chi connectivity index (χ1) is 10.8. The van der Waals surface area contributed by atoms with E-state index >= 15 is 0 Å². The van der Waals surface area contributed by atoms with Crippen LogP contribution in [0.3, 0.4) is 0 Å². The average Bonchev–Trinajstić information content (AvgIpc) is 3.06. The summed E-state index contributed by atoms with van der Waals surface area (Å²) in [5.74, 6) is 0. The second-order valence-electron chi connectivity index (χ2n) is 4.60. The molecule has 3 aromatic rings. The topological polar surface area (TPSA) is 51.2 Å². The number of anilines is 1. The smallest absolute Gasteiger partial charge is 0.411 e. The van der Waals surface area contributed by atoms with Gasteiger partial charge in [-0.2, -0.15) is 0 Å². The van der Waals surface area contributed by atoms with Crippen molar-refractivity contribution in [3.8, 4) is 21.8 Å². The fourth-order valence-corrected chi connectivity index (χ4v) is 2.85. The first-order valence-electron chi connectivity index (χ1n) is 6.72. The standard InChI is InChI=1S/C17H14N2O2S/c1-21-17(20)18-14-9-7-12(8-10-14)15-11-22-16(19-15)13-5-3-2-4-6-13/h2-11H,1H3,(H,18,20).